The third kappa shape index (κ3) is 6.66. The molecule has 0 fully saturated rings. The highest BCUT2D eigenvalue weighted by atomic mass is 79.9. The Hall–Kier alpha value is -3.75. The van der Waals surface area contributed by atoms with Gasteiger partial charge in [0.2, 0.25) is 5.82 Å². The molecule has 0 amide bonds. The Kier molecular flexibility index (Phi) is 9.71. The minimum Gasteiger partial charge on any atom is -0.460 e. The van der Waals surface area contributed by atoms with Crippen molar-refractivity contribution in [3.8, 4) is 0 Å². The molecule has 6 aromatic rings. The molecule has 0 saturated heterocycles. The maximum Gasteiger partial charge on any atom is 0.374 e. The van der Waals surface area contributed by atoms with Gasteiger partial charge in [0.15, 0.2) is 27.0 Å². The molecule has 0 saturated carbocycles. The van der Waals surface area contributed by atoms with E-state index in [0.717, 1.165) is 5.56 Å². The largest absolute Gasteiger partial charge is 0.460 e. The minimum atomic E-state index is -0.588. The summed E-state index contributed by atoms with van der Waals surface area (Å²) in [6.45, 7) is 2.67. The van der Waals surface area contributed by atoms with Crippen LogP contribution in [0, 0.1) is 10.8 Å². The third-order valence-corrected chi connectivity index (χ3v) is 8.05. The number of hydrogen-bond acceptors (Lipinski definition) is 8. The fourth-order valence-corrected chi connectivity index (χ4v) is 5.57. The number of hydrogen-bond donors (Lipinski definition) is 4. The van der Waals surface area contributed by atoms with Crippen molar-refractivity contribution in [3.63, 3.8) is 0 Å². The van der Waals surface area contributed by atoms with Gasteiger partial charge in [-0.15, -0.1) is 0 Å². The maximum atomic E-state index is 11.9. The lowest BCUT2D eigenvalue weighted by Gasteiger charge is -2.10. The van der Waals surface area contributed by atoms with Gasteiger partial charge in [0.05, 0.1) is 32.4 Å². The summed E-state index contributed by atoms with van der Waals surface area (Å²) in [5, 5.41) is 17.8. The van der Waals surface area contributed by atoms with Crippen molar-refractivity contribution in [2.45, 2.75) is 20.0 Å². The van der Waals surface area contributed by atoms with Crippen molar-refractivity contribution >= 4 is 90.6 Å². The first-order valence-electron chi connectivity index (χ1n) is 12.7. The molecule has 0 aliphatic carbocycles. The van der Waals surface area contributed by atoms with Crippen LogP contribution >= 0.6 is 62.3 Å². The van der Waals surface area contributed by atoms with E-state index in [9.17, 15) is 4.79 Å². The van der Waals surface area contributed by atoms with Gasteiger partial charge in [0.25, 0.3) is 0 Å². The number of halogens is 5. The Bertz CT molecular complexity index is 2100. The van der Waals surface area contributed by atoms with Crippen LogP contribution in [-0.2, 0) is 17.8 Å². The number of esters is 1. The number of carbonyl (C=O) groups excluding carboxylic acids is 1. The summed E-state index contributed by atoms with van der Waals surface area (Å²) in [6.07, 6.45) is 3.01. The lowest BCUT2D eigenvalue weighted by atomic mass is 10.2. The first kappa shape index (κ1) is 31.7. The van der Waals surface area contributed by atoms with Crippen LogP contribution < -0.4 is 11.0 Å². The van der Waals surface area contributed by atoms with E-state index >= 15 is 0 Å². The van der Waals surface area contributed by atoms with E-state index in [1.165, 1.54) is 6.33 Å². The van der Waals surface area contributed by atoms with Crippen molar-refractivity contribution < 1.29 is 9.53 Å². The number of benzene rings is 2. The van der Waals surface area contributed by atoms with Gasteiger partial charge in [-0.05, 0) is 47.1 Å². The number of fused-ring (bicyclic) bond motifs is 2. The Labute approximate surface area is 277 Å². The van der Waals surface area contributed by atoms with Gasteiger partial charge >= 0.3 is 5.97 Å². The molecule has 12 nitrogen and oxygen atoms in total. The molecule has 0 radical (unpaired) electrons. The number of aromatic amines is 2. The topological polar surface area (TPSA) is 167 Å². The molecular weight excluding hydrogens is 718 g/mol. The number of rotatable bonds is 6. The maximum absolute atomic E-state index is 11.9. The molecule has 44 heavy (non-hydrogen) atoms. The molecule has 0 bridgehead atoms. The molecule has 0 unspecified atom stereocenters. The van der Waals surface area contributed by atoms with E-state index in [1.807, 2.05) is 0 Å². The summed E-state index contributed by atoms with van der Waals surface area (Å²) in [5.41, 5.74) is 3.52. The molecule has 4 N–H and O–H groups in total. The van der Waals surface area contributed by atoms with Crippen LogP contribution in [0.4, 0.5) is 0 Å². The second-order valence-electron chi connectivity index (χ2n) is 9.07. The van der Waals surface area contributed by atoms with Crippen molar-refractivity contribution in [2.75, 3.05) is 6.61 Å². The number of carbonyl (C=O) groups is 1. The lowest BCUT2D eigenvalue weighted by molar-refractivity contribution is 0.0513. The summed E-state index contributed by atoms with van der Waals surface area (Å²) < 4.78 is 8.94. The average Bonchev–Trinajstić information content (AvgIpc) is 3.61. The fourth-order valence-electron chi connectivity index (χ4n) is 4.17. The quantitative estimate of drug-likeness (QED) is 0.119. The van der Waals surface area contributed by atoms with E-state index in [2.05, 4.69) is 45.8 Å². The zero-order valence-corrected chi connectivity index (χ0v) is 27.2. The fraction of sp³-hybridized carbons (Fsp3) is 0.148. The monoisotopic (exact) mass is 736 g/mol. The number of ether oxygens (including phenoxy) is 1. The second kappa shape index (κ2) is 13.5. The Balaban J connectivity index is 0.000000177. The Morgan fingerprint density at radius 1 is 0.818 bits per heavy atom. The van der Waals surface area contributed by atoms with Crippen LogP contribution in [0.25, 0.3) is 22.3 Å². The number of nitrogens with one attached hydrogen (secondary N) is 4. The molecule has 0 spiro atoms. The van der Waals surface area contributed by atoms with E-state index < -0.39 is 5.97 Å². The molecule has 0 aliphatic heterocycles. The highest BCUT2D eigenvalue weighted by Gasteiger charge is 2.17. The molecular formula is C27H21BrCl4N10O2. The van der Waals surface area contributed by atoms with Crippen molar-refractivity contribution in [1.82, 2.24) is 39.0 Å². The van der Waals surface area contributed by atoms with Gasteiger partial charge in [-0.3, -0.25) is 10.8 Å². The van der Waals surface area contributed by atoms with Crippen LogP contribution in [0.2, 0.25) is 20.1 Å². The summed E-state index contributed by atoms with van der Waals surface area (Å²) in [5.74, 6) is -0.567. The summed E-state index contributed by atoms with van der Waals surface area (Å²) in [4.78, 5) is 34.2. The molecule has 4 aromatic heterocycles. The average molecular weight is 739 g/mol. The SMILES string of the molecule is CCOC(=O)c1nc2c([nH]1)c(=N)ncn2Cc1c(Cl)cccc1Cl.N=c1ncn(Cc2c(Cl)cccc2Cl)c2nc(Br)[nH]c12. The van der Waals surface area contributed by atoms with Gasteiger partial charge in [-0.1, -0.05) is 58.5 Å². The van der Waals surface area contributed by atoms with Gasteiger partial charge in [-0.2, -0.15) is 0 Å². The predicted octanol–water partition coefficient (Wildman–Crippen LogP) is 6.13. The van der Waals surface area contributed by atoms with E-state index in [1.54, 1.807) is 58.8 Å². The highest BCUT2D eigenvalue weighted by molar-refractivity contribution is 9.10. The normalized spacial score (nSPS) is 11.0. The second-order valence-corrected chi connectivity index (χ2v) is 11.5. The molecule has 0 atom stereocenters. The van der Waals surface area contributed by atoms with E-state index in [0.29, 0.717) is 65.8 Å². The smallest absolute Gasteiger partial charge is 0.374 e. The molecule has 6 rings (SSSR count). The van der Waals surface area contributed by atoms with Gasteiger partial charge in [-0.25, -0.2) is 24.7 Å². The minimum absolute atomic E-state index is 0.0189. The van der Waals surface area contributed by atoms with Crippen LogP contribution in [0.15, 0.2) is 53.8 Å². The summed E-state index contributed by atoms with van der Waals surface area (Å²) >= 11 is 28.0. The van der Waals surface area contributed by atoms with E-state index in [-0.39, 0.29) is 23.4 Å². The summed E-state index contributed by atoms with van der Waals surface area (Å²) in [6, 6.07) is 10.6. The van der Waals surface area contributed by atoms with Crippen LogP contribution in [0.1, 0.15) is 28.7 Å². The van der Waals surface area contributed by atoms with Crippen molar-refractivity contribution in [3.05, 3.63) is 102 Å². The van der Waals surface area contributed by atoms with Crippen LogP contribution in [-0.4, -0.2) is 51.6 Å². The lowest BCUT2D eigenvalue weighted by Crippen LogP contribution is -2.13. The number of aromatic nitrogens is 8. The first-order chi connectivity index (χ1) is 21.1. The van der Waals surface area contributed by atoms with Crippen LogP contribution in [0.3, 0.4) is 0 Å². The highest BCUT2D eigenvalue weighted by Crippen LogP contribution is 2.27. The van der Waals surface area contributed by atoms with Crippen molar-refractivity contribution in [2.24, 2.45) is 0 Å². The standard InChI is InChI=1S/C15H13Cl2N5O2.C12H8BrCl2N5/c1-2-24-15(23)13-20-11-12(18)19-7-22(14(11)21-13)6-8-9(16)4-3-5-10(8)17;13-12-18-9-10(16)17-5-20(11(9)19-12)4-6-7(14)2-1-3-8(6)15/h3-5,7,18H,2,6H2,1H3,(H,20,21);1-3,5,16H,4H2,(H,18,19). The Morgan fingerprint density at radius 2 is 1.27 bits per heavy atom. The molecule has 4 heterocycles. The zero-order chi connectivity index (χ0) is 31.5. The van der Waals surface area contributed by atoms with E-state index in [4.69, 9.17) is 62.0 Å². The molecule has 0 aliphatic rings. The predicted molar refractivity (Wildman–Crippen MR) is 170 cm³/mol. The zero-order valence-electron chi connectivity index (χ0n) is 22.6. The van der Waals surface area contributed by atoms with Crippen molar-refractivity contribution in [1.29, 1.82) is 10.8 Å². The molecule has 17 heteroatoms. The summed E-state index contributed by atoms with van der Waals surface area (Å²) in [7, 11) is 0. The van der Waals surface area contributed by atoms with Gasteiger partial charge < -0.3 is 23.8 Å². The Morgan fingerprint density at radius 3 is 1.75 bits per heavy atom. The van der Waals surface area contributed by atoms with Gasteiger partial charge in [0.1, 0.15) is 11.0 Å². The molecule has 2 aromatic carbocycles. The first-order valence-corrected chi connectivity index (χ1v) is 15.1. The third-order valence-electron chi connectivity index (χ3n) is 6.26. The van der Waals surface area contributed by atoms with Crippen LogP contribution in [0.5, 0.6) is 0 Å². The van der Waals surface area contributed by atoms with Gasteiger partial charge in [0, 0.05) is 31.2 Å². The number of H-pyrrole nitrogens is 2. The molecule has 226 valence electrons. The number of imidazole rings is 2. The number of nitrogens with zero attached hydrogens (tertiary/aromatic N) is 6.